The molecule has 0 aliphatic rings. The van der Waals surface area contributed by atoms with E-state index in [1.165, 1.54) is 13.2 Å². The van der Waals surface area contributed by atoms with E-state index in [4.69, 9.17) is 4.74 Å². The summed E-state index contributed by atoms with van der Waals surface area (Å²) in [7, 11) is 3.27. The second kappa shape index (κ2) is 6.68. The molecule has 0 radical (unpaired) electrons. The SMILES string of the molecule is COc1ccc(Nc2nc(-c3ccccc3)nc3c(C)nn(C)c23)cc1F. The molecule has 0 bridgehead atoms. The summed E-state index contributed by atoms with van der Waals surface area (Å²) in [5, 5.41) is 7.65. The van der Waals surface area contributed by atoms with Gasteiger partial charge in [0.25, 0.3) is 0 Å². The third kappa shape index (κ3) is 3.08. The first-order valence-electron chi connectivity index (χ1n) is 8.44. The highest BCUT2D eigenvalue weighted by Crippen LogP contribution is 2.30. The van der Waals surface area contributed by atoms with Crippen LogP contribution in [0.25, 0.3) is 22.4 Å². The number of ether oxygens (including phenoxy) is 1. The van der Waals surface area contributed by atoms with E-state index in [1.54, 1.807) is 16.8 Å². The van der Waals surface area contributed by atoms with Gasteiger partial charge in [-0.3, -0.25) is 4.68 Å². The van der Waals surface area contributed by atoms with E-state index in [2.05, 4.69) is 20.4 Å². The fourth-order valence-corrected chi connectivity index (χ4v) is 3.02. The van der Waals surface area contributed by atoms with E-state index in [-0.39, 0.29) is 5.75 Å². The summed E-state index contributed by atoms with van der Waals surface area (Å²) < 4.78 is 20.8. The summed E-state index contributed by atoms with van der Waals surface area (Å²) in [5.74, 6) is 0.884. The molecule has 2 aromatic carbocycles. The molecule has 4 rings (SSSR count). The summed E-state index contributed by atoms with van der Waals surface area (Å²) in [6.07, 6.45) is 0. The minimum atomic E-state index is -0.447. The van der Waals surface area contributed by atoms with Crippen molar-refractivity contribution in [2.75, 3.05) is 12.4 Å². The van der Waals surface area contributed by atoms with Crippen LogP contribution in [0.4, 0.5) is 15.9 Å². The maximum atomic E-state index is 14.1. The van der Waals surface area contributed by atoms with Crippen LogP contribution in [0.5, 0.6) is 5.75 Å². The third-order valence-corrected chi connectivity index (χ3v) is 4.30. The lowest BCUT2D eigenvalue weighted by Gasteiger charge is -2.11. The number of aryl methyl sites for hydroxylation is 2. The molecule has 27 heavy (non-hydrogen) atoms. The van der Waals surface area contributed by atoms with Crippen molar-refractivity contribution < 1.29 is 9.13 Å². The molecule has 0 atom stereocenters. The highest BCUT2D eigenvalue weighted by molar-refractivity contribution is 5.91. The molecule has 136 valence electrons. The Morgan fingerprint density at radius 1 is 1.07 bits per heavy atom. The summed E-state index contributed by atoms with van der Waals surface area (Å²) in [6, 6.07) is 14.4. The lowest BCUT2D eigenvalue weighted by molar-refractivity contribution is 0.386. The molecular weight excluding hydrogens is 345 g/mol. The van der Waals surface area contributed by atoms with E-state index in [0.717, 1.165) is 22.3 Å². The van der Waals surface area contributed by atoms with E-state index in [9.17, 15) is 4.39 Å². The van der Waals surface area contributed by atoms with Crippen LogP contribution in [-0.2, 0) is 7.05 Å². The maximum absolute atomic E-state index is 14.1. The molecule has 0 aliphatic heterocycles. The number of hydrogen-bond donors (Lipinski definition) is 1. The molecular formula is C20H18FN5O. The van der Waals surface area contributed by atoms with Crippen molar-refractivity contribution in [3.8, 4) is 17.1 Å². The lowest BCUT2D eigenvalue weighted by Crippen LogP contribution is -2.02. The number of fused-ring (bicyclic) bond motifs is 1. The number of hydrogen-bond acceptors (Lipinski definition) is 5. The molecule has 0 saturated carbocycles. The van der Waals surface area contributed by atoms with Crippen LogP contribution in [0.2, 0.25) is 0 Å². The summed E-state index contributed by atoms with van der Waals surface area (Å²) in [5.41, 5.74) is 3.76. The Kier molecular flexibility index (Phi) is 4.19. The first-order chi connectivity index (χ1) is 13.1. The Bertz CT molecular complexity index is 1120. The Hall–Kier alpha value is -3.48. The summed E-state index contributed by atoms with van der Waals surface area (Å²) in [6.45, 7) is 1.90. The van der Waals surface area contributed by atoms with Crippen LogP contribution < -0.4 is 10.1 Å². The smallest absolute Gasteiger partial charge is 0.167 e. The largest absolute Gasteiger partial charge is 0.494 e. The molecule has 7 heteroatoms. The third-order valence-electron chi connectivity index (χ3n) is 4.30. The number of halogens is 1. The van der Waals surface area contributed by atoms with Gasteiger partial charge in [0.15, 0.2) is 23.2 Å². The molecule has 0 aliphatic carbocycles. The molecule has 1 N–H and O–H groups in total. The normalized spacial score (nSPS) is 11.0. The van der Waals surface area contributed by atoms with Gasteiger partial charge in [-0.25, -0.2) is 14.4 Å². The van der Waals surface area contributed by atoms with Gasteiger partial charge in [0.2, 0.25) is 0 Å². The quantitative estimate of drug-likeness (QED) is 0.588. The van der Waals surface area contributed by atoms with E-state index < -0.39 is 5.82 Å². The molecule has 6 nitrogen and oxygen atoms in total. The van der Waals surface area contributed by atoms with Crippen molar-refractivity contribution in [2.24, 2.45) is 7.05 Å². The lowest BCUT2D eigenvalue weighted by atomic mass is 10.2. The number of nitrogens with one attached hydrogen (secondary N) is 1. The molecule has 0 unspecified atom stereocenters. The number of anilines is 2. The van der Waals surface area contributed by atoms with Gasteiger partial charge in [0, 0.05) is 24.4 Å². The van der Waals surface area contributed by atoms with Crippen LogP contribution in [-0.4, -0.2) is 26.9 Å². The Morgan fingerprint density at radius 3 is 2.56 bits per heavy atom. The second-order valence-electron chi connectivity index (χ2n) is 6.14. The molecule has 2 aromatic heterocycles. The van der Waals surface area contributed by atoms with Crippen molar-refractivity contribution in [1.82, 2.24) is 19.7 Å². The Labute approximate surface area is 155 Å². The van der Waals surface area contributed by atoms with E-state index in [1.807, 2.05) is 44.3 Å². The number of aromatic nitrogens is 4. The maximum Gasteiger partial charge on any atom is 0.167 e. The molecule has 2 heterocycles. The summed E-state index contributed by atoms with van der Waals surface area (Å²) in [4.78, 5) is 9.36. The number of benzene rings is 2. The summed E-state index contributed by atoms with van der Waals surface area (Å²) >= 11 is 0. The van der Waals surface area contributed by atoms with Crippen molar-refractivity contribution in [1.29, 1.82) is 0 Å². The van der Waals surface area contributed by atoms with Crippen molar-refractivity contribution >= 4 is 22.5 Å². The van der Waals surface area contributed by atoms with Crippen LogP contribution in [0, 0.1) is 12.7 Å². The average molecular weight is 363 g/mol. The fourth-order valence-electron chi connectivity index (χ4n) is 3.02. The zero-order chi connectivity index (χ0) is 19.0. The number of rotatable bonds is 4. The first kappa shape index (κ1) is 17.0. The van der Waals surface area contributed by atoms with Crippen molar-refractivity contribution in [2.45, 2.75) is 6.92 Å². The highest BCUT2D eigenvalue weighted by Gasteiger charge is 2.16. The standard InChI is InChI=1S/C20H18FN5O/c1-12-17-18(26(2)25-12)20(22-14-9-10-16(27-3)15(21)11-14)24-19(23-17)13-7-5-4-6-8-13/h4-11H,1-3H3,(H,22,23,24). The van der Waals surface area contributed by atoms with E-state index >= 15 is 0 Å². The fraction of sp³-hybridized carbons (Fsp3) is 0.150. The van der Waals surface area contributed by atoms with Crippen molar-refractivity contribution in [3.05, 3.63) is 60.0 Å². The van der Waals surface area contributed by atoms with Gasteiger partial charge in [-0.15, -0.1) is 0 Å². The van der Waals surface area contributed by atoms with Crippen LogP contribution in [0.1, 0.15) is 5.69 Å². The van der Waals surface area contributed by atoms with Gasteiger partial charge in [0.05, 0.1) is 12.8 Å². The minimum absolute atomic E-state index is 0.190. The highest BCUT2D eigenvalue weighted by atomic mass is 19.1. The zero-order valence-corrected chi connectivity index (χ0v) is 15.2. The van der Waals surface area contributed by atoms with Gasteiger partial charge in [-0.2, -0.15) is 5.10 Å². The Morgan fingerprint density at radius 2 is 1.85 bits per heavy atom. The van der Waals surface area contributed by atoms with Crippen molar-refractivity contribution in [3.63, 3.8) is 0 Å². The second-order valence-corrected chi connectivity index (χ2v) is 6.14. The monoisotopic (exact) mass is 363 g/mol. The molecule has 0 spiro atoms. The zero-order valence-electron chi connectivity index (χ0n) is 15.2. The van der Waals surface area contributed by atoms with Gasteiger partial charge in [-0.05, 0) is 19.1 Å². The van der Waals surface area contributed by atoms with Crippen LogP contribution in [0.3, 0.4) is 0 Å². The molecule has 0 amide bonds. The molecule has 0 fully saturated rings. The predicted octanol–water partition coefficient (Wildman–Crippen LogP) is 4.23. The van der Waals surface area contributed by atoms with Crippen LogP contribution in [0.15, 0.2) is 48.5 Å². The van der Waals surface area contributed by atoms with Gasteiger partial charge in [0.1, 0.15) is 11.0 Å². The van der Waals surface area contributed by atoms with E-state index in [0.29, 0.717) is 17.3 Å². The van der Waals surface area contributed by atoms with Gasteiger partial charge >= 0.3 is 0 Å². The number of nitrogens with zero attached hydrogens (tertiary/aromatic N) is 4. The molecule has 4 aromatic rings. The molecule has 0 saturated heterocycles. The van der Waals surface area contributed by atoms with Gasteiger partial charge < -0.3 is 10.1 Å². The average Bonchev–Trinajstić information content (AvgIpc) is 2.97. The predicted molar refractivity (Wildman–Crippen MR) is 103 cm³/mol. The Balaban J connectivity index is 1.86. The van der Waals surface area contributed by atoms with Crippen LogP contribution >= 0.6 is 0 Å². The van der Waals surface area contributed by atoms with Gasteiger partial charge in [-0.1, -0.05) is 30.3 Å². The topological polar surface area (TPSA) is 64.9 Å². The minimum Gasteiger partial charge on any atom is -0.494 e. The number of methoxy groups -OCH3 is 1. The first-order valence-corrected chi connectivity index (χ1v) is 8.44.